The first-order valence-electron chi connectivity index (χ1n) is 8.30. The number of halogens is 1. The smallest absolute Gasteiger partial charge is 0.178 e. The number of aryl methyl sites for hydroxylation is 1. The predicted octanol–water partition coefficient (Wildman–Crippen LogP) is 6.29. The van der Waals surface area contributed by atoms with E-state index in [-0.39, 0.29) is 5.82 Å². The zero-order valence-corrected chi connectivity index (χ0v) is 16.1. The molecule has 1 aromatic carbocycles. The maximum absolute atomic E-state index is 13.0. The predicted molar refractivity (Wildman–Crippen MR) is 102 cm³/mol. The van der Waals surface area contributed by atoms with Crippen molar-refractivity contribution in [2.24, 2.45) is 0 Å². The average Bonchev–Trinajstić information content (AvgIpc) is 2.61. The molecule has 134 valence electrons. The van der Waals surface area contributed by atoms with Gasteiger partial charge in [0, 0.05) is 6.42 Å². The van der Waals surface area contributed by atoms with E-state index in [4.69, 9.17) is 0 Å². The van der Waals surface area contributed by atoms with Crippen LogP contribution in [0.3, 0.4) is 0 Å². The number of hydrogen-bond donors (Lipinski definition) is 0. The summed E-state index contributed by atoms with van der Waals surface area (Å²) in [5.41, 5.74) is 3.87. The molecule has 2 nitrogen and oxygen atoms in total. The molecule has 0 heterocycles. The van der Waals surface area contributed by atoms with Gasteiger partial charge < -0.3 is 4.74 Å². The first-order chi connectivity index (χ1) is 11.4. The SMILES string of the molecule is C=C(/C=C(\C)CC)c1ccc(F)c(C)c1.CC.CCC(=C=O)OC. The molecule has 0 aliphatic heterocycles. The Kier molecular flexibility index (Phi) is 14.6. The zero-order valence-electron chi connectivity index (χ0n) is 16.1. The second-order valence-electron chi connectivity index (χ2n) is 4.92. The first-order valence-corrected chi connectivity index (χ1v) is 8.30. The van der Waals surface area contributed by atoms with Crippen LogP contribution in [-0.4, -0.2) is 13.1 Å². The lowest BCUT2D eigenvalue weighted by molar-refractivity contribution is 0.284. The van der Waals surface area contributed by atoms with E-state index in [1.54, 1.807) is 18.9 Å². The molecular formula is C21H31FO2. The van der Waals surface area contributed by atoms with Gasteiger partial charge in [-0.3, -0.25) is 0 Å². The highest BCUT2D eigenvalue weighted by atomic mass is 19.1. The molecule has 24 heavy (non-hydrogen) atoms. The van der Waals surface area contributed by atoms with Gasteiger partial charge in [-0.2, -0.15) is 0 Å². The molecular weight excluding hydrogens is 303 g/mol. The van der Waals surface area contributed by atoms with Crippen LogP contribution in [0.25, 0.3) is 5.57 Å². The van der Waals surface area contributed by atoms with Gasteiger partial charge in [0.2, 0.25) is 0 Å². The van der Waals surface area contributed by atoms with E-state index in [1.165, 1.54) is 18.7 Å². The van der Waals surface area contributed by atoms with Crippen LogP contribution in [0.4, 0.5) is 4.39 Å². The summed E-state index contributed by atoms with van der Waals surface area (Å²) in [7, 11) is 1.46. The lowest BCUT2D eigenvalue weighted by Gasteiger charge is -2.04. The summed E-state index contributed by atoms with van der Waals surface area (Å²) >= 11 is 0. The Balaban J connectivity index is 0. The minimum atomic E-state index is -0.164. The summed E-state index contributed by atoms with van der Waals surface area (Å²) in [6.07, 6.45) is 3.69. The molecule has 0 unspecified atom stereocenters. The van der Waals surface area contributed by atoms with Crippen molar-refractivity contribution < 1.29 is 13.9 Å². The Morgan fingerprint density at radius 1 is 1.29 bits per heavy atom. The Labute approximate surface area is 146 Å². The van der Waals surface area contributed by atoms with E-state index in [0.717, 1.165) is 17.6 Å². The molecule has 0 aromatic heterocycles. The van der Waals surface area contributed by atoms with Crippen LogP contribution in [0.1, 0.15) is 58.6 Å². The van der Waals surface area contributed by atoms with Gasteiger partial charge in [-0.1, -0.05) is 52.0 Å². The van der Waals surface area contributed by atoms with Gasteiger partial charge in [0.15, 0.2) is 11.7 Å². The van der Waals surface area contributed by atoms with Crippen molar-refractivity contribution in [1.29, 1.82) is 0 Å². The molecule has 0 aliphatic rings. The maximum Gasteiger partial charge on any atom is 0.178 e. The van der Waals surface area contributed by atoms with E-state index in [1.807, 2.05) is 32.9 Å². The summed E-state index contributed by atoms with van der Waals surface area (Å²) < 4.78 is 17.6. The highest BCUT2D eigenvalue weighted by Crippen LogP contribution is 2.19. The lowest BCUT2D eigenvalue weighted by atomic mass is 10.0. The highest BCUT2D eigenvalue weighted by Gasteiger charge is 2.00. The van der Waals surface area contributed by atoms with E-state index < -0.39 is 0 Å². The van der Waals surface area contributed by atoms with Crippen molar-refractivity contribution in [2.75, 3.05) is 7.11 Å². The van der Waals surface area contributed by atoms with Gasteiger partial charge in [0.05, 0.1) is 7.11 Å². The van der Waals surface area contributed by atoms with E-state index >= 15 is 0 Å². The second kappa shape index (κ2) is 14.5. The van der Waals surface area contributed by atoms with Gasteiger partial charge >= 0.3 is 0 Å². The van der Waals surface area contributed by atoms with Crippen molar-refractivity contribution in [3.05, 3.63) is 59.1 Å². The van der Waals surface area contributed by atoms with Gasteiger partial charge in [-0.15, -0.1) is 0 Å². The fourth-order valence-electron chi connectivity index (χ4n) is 1.59. The Bertz CT molecular complexity index is 574. The molecule has 0 atom stereocenters. The van der Waals surface area contributed by atoms with E-state index in [9.17, 15) is 9.18 Å². The van der Waals surface area contributed by atoms with Gasteiger partial charge in [0.25, 0.3) is 0 Å². The number of carbonyl (C=O) groups excluding carboxylic acids is 1. The molecule has 0 saturated carbocycles. The molecule has 0 saturated heterocycles. The molecule has 0 radical (unpaired) electrons. The third kappa shape index (κ3) is 9.81. The average molecular weight is 334 g/mol. The van der Waals surface area contributed by atoms with Gasteiger partial charge in [0.1, 0.15) is 5.82 Å². The summed E-state index contributed by atoms with van der Waals surface area (Å²) in [5.74, 6) is 1.86. The molecule has 0 aliphatic carbocycles. The van der Waals surface area contributed by atoms with E-state index in [0.29, 0.717) is 17.7 Å². The fourth-order valence-corrected chi connectivity index (χ4v) is 1.59. The number of allylic oxidation sites excluding steroid dienone is 4. The Hall–Kier alpha value is -2.12. The zero-order chi connectivity index (χ0) is 19.1. The third-order valence-corrected chi connectivity index (χ3v) is 3.19. The summed E-state index contributed by atoms with van der Waals surface area (Å²) in [5, 5.41) is 0. The fraction of sp³-hybridized carbons (Fsp3) is 0.429. The molecule has 1 rings (SSSR count). The van der Waals surface area contributed by atoms with Crippen molar-refractivity contribution in [1.82, 2.24) is 0 Å². The molecule has 1 aromatic rings. The summed E-state index contributed by atoms with van der Waals surface area (Å²) in [4.78, 5) is 9.68. The van der Waals surface area contributed by atoms with Gasteiger partial charge in [-0.05, 0) is 49.1 Å². The van der Waals surface area contributed by atoms with Crippen molar-refractivity contribution >= 4 is 11.5 Å². The van der Waals surface area contributed by atoms with Crippen LogP contribution < -0.4 is 0 Å². The van der Waals surface area contributed by atoms with Crippen LogP contribution in [0.5, 0.6) is 0 Å². The first kappa shape index (κ1) is 24.1. The molecule has 0 fully saturated rings. The normalized spacial score (nSPS) is 9.58. The summed E-state index contributed by atoms with van der Waals surface area (Å²) in [6, 6.07) is 5.09. The van der Waals surface area contributed by atoms with Crippen molar-refractivity contribution in [3.63, 3.8) is 0 Å². The standard InChI is InChI=1S/C14H17F.C5H8O2.C2H6/c1-5-10(2)8-11(3)13-6-7-14(15)12(4)9-13;1-3-5(4-6)7-2;1-2/h6-9H,3,5H2,1-2,4H3;3H2,1-2H3;1-2H3/b10-8+;;. The number of hydrogen-bond acceptors (Lipinski definition) is 2. The molecule has 0 bridgehead atoms. The Morgan fingerprint density at radius 3 is 2.21 bits per heavy atom. The quantitative estimate of drug-likeness (QED) is 0.359. The van der Waals surface area contributed by atoms with Crippen molar-refractivity contribution in [2.45, 2.75) is 54.4 Å². The molecule has 3 heteroatoms. The van der Waals surface area contributed by atoms with Gasteiger partial charge in [-0.25, -0.2) is 9.18 Å². The topological polar surface area (TPSA) is 26.3 Å². The van der Waals surface area contributed by atoms with Crippen LogP contribution in [0.15, 0.2) is 42.2 Å². The third-order valence-electron chi connectivity index (χ3n) is 3.19. The maximum atomic E-state index is 13.0. The largest absolute Gasteiger partial charge is 0.490 e. The van der Waals surface area contributed by atoms with Crippen LogP contribution in [0, 0.1) is 12.7 Å². The van der Waals surface area contributed by atoms with E-state index in [2.05, 4.69) is 25.2 Å². The number of rotatable bonds is 5. The lowest BCUT2D eigenvalue weighted by Crippen LogP contribution is -1.86. The minimum absolute atomic E-state index is 0.164. The molecule has 0 spiro atoms. The number of benzene rings is 1. The van der Waals surface area contributed by atoms with Crippen LogP contribution >= 0.6 is 0 Å². The molecule has 0 N–H and O–H groups in total. The monoisotopic (exact) mass is 334 g/mol. The van der Waals surface area contributed by atoms with Crippen LogP contribution in [-0.2, 0) is 9.53 Å². The number of methoxy groups -OCH3 is 1. The Morgan fingerprint density at radius 2 is 1.88 bits per heavy atom. The van der Waals surface area contributed by atoms with Crippen LogP contribution in [0.2, 0.25) is 0 Å². The summed E-state index contributed by atoms with van der Waals surface area (Å²) in [6.45, 7) is 15.8. The second-order valence-corrected chi connectivity index (χ2v) is 4.92. The minimum Gasteiger partial charge on any atom is -0.490 e. The number of ether oxygens (including phenoxy) is 1. The van der Waals surface area contributed by atoms with Crippen molar-refractivity contribution in [3.8, 4) is 0 Å². The molecule has 0 amide bonds. The highest BCUT2D eigenvalue weighted by molar-refractivity contribution is 5.72.